The maximum atomic E-state index is 12.7. The molecule has 0 aliphatic heterocycles. The van der Waals surface area contributed by atoms with Crippen molar-refractivity contribution in [2.45, 2.75) is 12.6 Å². The van der Waals surface area contributed by atoms with Gasteiger partial charge in [-0.2, -0.15) is 13.2 Å². The third kappa shape index (κ3) is 3.31. The molecular weight excluding hydrogens is 353 g/mol. The van der Waals surface area contributed by atoms with Gasteiger partial charge in [0.2, 0.25) is 0 Å². The first-order valence-corrected chi connectivity index (χ1v) is 6.20. The first-order chi connectivity index (χ1) is 7.36. The number of benzene rings is 1. The highest BCUT2D eigenvalue weighted by molar-refractivity contribution is 9.10. The lowest BCUT2D eigenvalue weighted by Crippen LogP contribution is -2.13. The molecule has 0 saturated heterocycles. The van der Waals surface area contributed by atoms with Gasteiger partial charge >= 0.3 is 6.18 Å². The molecule has 0 spiro atoms. The maximum absolute atomic E-state index is 12.7. The van der Waals surface area contributed by atoms with Crippen molar-refractivity contribution in [3.63, 3.8) is 0 Å². The van der Waals surface area contributed by atoms with Crippen molar-refractivity contribution in [2.24, 2.45) is 0 Å². The van der Waals surface area contributed by atoms with Gasteiger partial charge in [-0.3, -0.25) is 4.79 Å². The summed E-state index contributed by atoms with van der Waals surface area (Å²) in [5, 5.41) is 0.0524. The third-order valence-corrected chi connectivity index (χ3v) is 3.21. The highest BCUT2D eigenvalue weighted by Gasteiger charge is 2.35. The van der Waals surface area contributed by atoms with Crippen molar-refractivity contribution in [1.29, 1.82) is 0 Å². The fourth-order valence-electron chi connectivity index (χ4n) is 1.29. The van der Waals surface area contributed by atoms with E-state index in [-0.39, 0.29) is 27.6 Å². The number of hydrogen-bond acceptors (Lipinski definition) is 1. The average Bonchev–Trinajstić information content (AvgIpc) is 2.15. The lowest BCUT2D eigenvalue weighted by Gasteiger charge is -2.13. The first-order valence-electron chi connectivity index (χ1n) is 4.28. The SMILES string of the molecule is O=C(CBr)Cc1cccc(Br)c1C(F)(F)F. The van der Waals surface area contributed by atoms with Gasteiger partial charge in [-0.15, -0.1) is 0 Å². The van der Waals surface area contributed by atoms with Gasteiger partial charge in [0, 0.05) is 10.9 Å². The summed E-state index contributed by atoms with van der Waals surface area (Å²) in [5.41, 5.74) is -0.782. The molecule has 16 heavy (non-hydrogen) atoms. The third-order valence-electron chi connectivity index (χ3n) is 1.92. The standard InChI is InChI=1S/C10H7Br2F3O/c11-5-7(16)4-6-2-1-3-8(12)9(6)10(13,14)15/h1-3H,4-5H2. The summed E-state index contributed by atoms with van der Waals surface area (Å²) >= 11 is 5.78. The average molecular weight is 360 g/mol. The van der Waals surface area contributed by atoms with Crippen LogP contribution in [0.5, 0.6) is 0 Å². The smallest absolute Gasteiger partial charge is 0.298 e. The van der Waals surface area contributed by atoms with E-state index in [4.69, 9.17) is 0 Å². The van der Waals surface area contributed by atoms with E-state index >= 15 is 0 Å². The van der Waals surface area contributed by atoms with Gasteiger partial charge in [0.05, 0.1) is 10.9 Å². The van der Waals surface area contributed by atoms with Crippen molar-refractivity contribution in [3.8, 4) is 0 Å². The number of rotatable bonds is 3. The van der Waals surface area contributed by atoms with Crippen LogP contribution in [0.15, 0.2) is 22.7 Å². The van der Waals surface area contributed by atoms with Crippen LogP contribution in [0, 0.1) is 0 Å². The lowest BCUT2D eigenvalue weighted by atomic mass is 10.0. The number of carbonyl (C=O) groups is 1. The summed E-state index contributed by atoms with van der Waals surface area (Å²) < 4.78 is 38.1. The molecule has 1 aromatic carbocycles. The molecule has 88 valence electrons. The Morgan fingerprint density at radius 1 is 1.31 bits per heavy atom. The number of carbonyl (C=O) groups excluding carboxylic acids is 1. The van der Waals surface area contributed by atoms with Crippen LogP contribution < -0.4 is 0 Å². The molecule has 1 aromatic rings. The molecule has 1 nitrogen and oxygen atoms in total. The van der Waals surface area contributed by atoms with Crippen molar-refractivity contribution in [1.82, 2.24) is 0 Å². The van der Waals surface area contributed by atoms with Crippen molar-refractivity contribution in [2.75, 3.05) is 5.33 Å². The van der Waals surface area contributed by atoms with E-state index in [0.717, 1.165) is 0 Å². The van der Waals surface area contributed by atoms with E-state index in [1.54, 1.807) is 0 Å². The second-order valence-corrected chi connectivity index (χ2v) is 4.54. The summed E-state index contributed by atoms with van der Waals surface area (Å²) in [4.78, 5) is 11.1. The van der Waals surface area contributed by atoms with Gasteiger partial charge in [-0.1, -0.05) is 44.0 Å². The number of alkyl halides is 4. The fraction of sp³-hybridized carbons (Fsp3) is 0.300. The van der Waals surface area contributed by atoms with Crippen LogP contribution in [-0.4, -0.2) is 11.1 Å². The minimum atomic E-state index is -4.46. The van der Waals surface area contributed by atoms with Gasteiger partial charge in [-0.25, -0.2) is 0 Å². The predicted octanol–water partition coefficient (Wildman–Crippen LogP) is 3.97. The van der Waals surface area contributed by atoms with Crippen LogP contribution in [0.25, 0.3) is 0 Å². The molecule has 0 atom stereocenters. The zero-order chi connectivity index (χ0) is 12.3. The van der Waals surface area contributed by atoms with E-state index in [9.17, 15) is 18.0 Å². The van der Waals surface area contributed by atoms with Crippen LogP contribution in [0.3, 0.4) is 0 Å². The quantitative estimate of drug-likeness (QED) is 0.746. The number of Topliss-reactive ketones (excluding diaryl/α,β-unsaturated/α-hetero) is 1. The molecule has 0 bridgehead atoms. The van der Waals surface area contributed by atoms with Crippen LogP contribution in [0.4, 0.5) is 13.2 Å². The molecule has 0 radical (unpaired) electrons. The van der Waals surface area contributed by atoms with Crippen molar-refractivity contribution < 1.29 is 18.0 Å². The van der Waals surface area contributed by atoms with Crippen molar-refractivity contribution >= 4 is 37.6 Å². The van der Waals surface area contributed by atoms with Crippen LogP contribution in [0.2, 0.25) is 0 Å². The molecule has 0 N–H and O–H groups in total. The van der Waals surface area contributed by atoms with Crippen LogP contribution in [0.1, 0.15) is 11.1 Å². The minimum absolute atomic E-state index is 0.00803. The van der Waals surface area contributed by atoms with Crippen LogP contribution in [-0.2, 0) is 17.4 Å². The fourth-order valence-corrected chi connectivity index (χ4v) is 2.12. The minimum Gasteiger partial charge on any atom is -0.298 e. The molecule has 6 heteroatoms. The van der Waals surface area contributed by atoms with E-state index in [1.165, 1.54) is 18.2 Å². The Bertz CT molecular complexity index is 402. The van der Waals surface area contributed by atoms with Gasteiger partial charge in [0.25, 0.3) is 0 Å². The first kappa shape index (κ1) is 13.7. The van der Waals surface area contributed by atoms with Gasteiger partial charge < -0.3 is 0 Å². The highest BCUT2D eigenvalue weighted by Crippen LogP contribution is 2.37. The largest absolute Gasteiger partial charge is 0.417 e. The monoisotopic (exact) mass is 358 g/mol. The van der Waals surface area contributed by atoms with E-state index in [0.29, 0.717) is 0 Å². The molecule has 0 aliphatic carbocycles. The number of halogens is 5. The molecular formula is C10H7Br2F3O. The summed E-state index contributed by atoms with van der Waals surface area (Å²) in [7, 11) is 0. The summed E-state index contributed by atoms with van der Waals surface area (Å²) in [6, 6.07) is 4.11. The predicted molar refractivity (Wildman–Crippen MR) is 61.6 cm³/mol. The Balaban J connectivity index is 3.18. The van der Waals surface area contributed by atoms with E-state index in [1.807, 2.05) is 0 Å². The Labute approximate surface area is 107 Å². The molecule has 0 saturated carbocycles. The normalized spacial score (nSPS) is 11.6. The Kier molecular flexibility index (Phi) is 4.55. The Morgan fingerprint density at radius 3 is 2.44 bits per heavy atom. The maximum Gasteiger partial charge on any atom is 0.417 e. The molecule has 0 unspecified atom stereocenters. The zero-order valence-corrected chi connectivity index (χ0v) is 11.1. The topological polar surface area (TPSA) is 17.1 Å². The number of hydrogen-bond donors (Lipinski definition) is 0. The Hall–Kier alpha value is -0.360. The molecule has 0 fully saturated rings. The highest BCUT2D eigenvalue weighted by atomic mass is 79.9. The summed E-state index contributed by atoms with van der Waals surface area (Å²) in [6.45, 7) is 0. The van der Waals surface area contributed by atoms with Crippen LogP contribution >= 0.6 is 31.9 Å². The van der Waals surface area contributed by atoms with E-state index < -0.39 is 11.7 Å². The Morgan fingerprint density at radius 2 is 1.94 bits per heavy atom. The second-order valence-electron chi connectivity index (χ2n) is 3.12. The van der Waals surface area contributed by atoms with Gasteiger partial charge in [0.15, 0.2) is 0 Å². The zero-order valence-electron chi connectivity index (χ0n) is 7.94. The van der Waals surface area contributed by atoms with Crippen molar-refractivity contribution in [3.05, 3.63) is 33.8 Å². The molecule has 1 rings (SSSR count). The molecule has 0 aromatic heterocycles. The van der Waals surface area contributed by atoms with E-state index in [2.05, 4.69) is 31.9 Å². The van der Waals surface area contributed by atoms with Gasteiger partial charge in [-0.05, 0) is 11.6 Å². The number of ketones is 1. The second kappa shape index (κ2) is 5.31. The summed E-state index contributed by atoms with van der Waals surface area (Å²) in [6.07, 6.45) is -4.68. The molecule has 0 aliphatic rings. The summed E-state index contributed by atoms with van der Waals surface area (Å²) in [5.74, 6) is -0.288. The lowest BCUT2D eigenvalue weighted by molar-refractivity contribution is -0.138. The molecule has 0 amide bonds. The van der Waals surface area contributed by atoms with Gasteiger partial charge in [0.1, 0.15) is 5.78 Å². The molecule has 0 heterocycles.